The van der Waals surface area contributed by atoms with Gasteiger partial charge >= 0.3 is 5.97 Å². The van der Waals surface area contributed by atoms with Crippen molar-refractivity contribution < 1.29 is 19.1 Å². The average Bonchev–Trinajstić information content (AvgIpc) is 3.40. The molecule has 2 fully saturated rings. The standard InChI is InChI=1S/C24H27NO4S/c26-21(7-6-18-8-14-28-23(18)27)25-12-10-24(11-13-25)22-19(9-15-29-24)16-20(30-22)17-4-2-1-3-5-17/h1-5,16,18H,6-15H2. The molecule has 6 heteroatoms. The number of carbonyl (C=O) groups excluding carboxylic acids is 2. The maximum absolute atomic E-state index is 12.7. The van der Waals surface area contributed by atoms with Crippen LogP contribution in [0.25, 0.3) is 10.4 Å². The summed E-state index contributed by atoms with van der Waals surface area (Å²) in [4.78, 5) is 28.9. The molecule has 4 heterocycles. The van der Waals surface area contributed by atoms with Crippen LogP contribution in [-0.4, -0.2) is 43.1 Å². The summed E-state index contributed by atoms with van der Waals surface area (Å²) in [7, 11) is 0. The lowest BCUT2D eigenvalue weighted by Crippen LogP contribution is -2.47. The molecule has 1 aromatic carbocycles. The quantitative estimate of drug-likeness (QED) is 0.691. The predicted molar refractivity (Wildman–Crippen MR) is 115 cm³/mol. The Kier molecular flexibility index (Phi) is 5.37. The van der Waals surface area contributed by atoms with Crippen molar-refractivity contribution in [2.75, 3.05) is 26.3 Å². The molecule has 0 radical (unpaired) electrons. The number of hydrogen-bond acceptors (Lipinski definition) is 5. The van der Waals surface area contributed by atoms with E-state index in [1.807, 2.05) is 22.3 Å². The minimum Gasteiger partial charge on any atom is -0.465 e. The second kappa shape index (κ2) is 8.16. The third-order valence-electron chi connectivity index (χ3n) is 6.71. The van der Waals surface area contributed by atoms with Gasteiger partial charge < -0.3 is 14.4 Å². The van der Waals surface area contributed by atoms with Crippen LogP contribution in [0, 0.1) is 5.92 Å². The molecule has 1 aromatic heterocycles. The van der Waals surface area contributed by atoms with E-state index in [4.69, 9.17) is 9.47 Å². The number of fused-ring (bicyclic) bond motifs is 2. The number of thiophene rings is 1. The minimum absolute atomic E-state index is 0.100. The molecular weight excluding hydrogens is 398 g/mol. The highest BCUT2D eigenvalue weighted by molar-refractivity contribution is 7.15. The number of ether oxygens (including phenoxy) is 2. The topological polar surface area (TPSA) is 55.8 Å². The highest BCUT2D eigenvalue weighted by Gasteiger charge is 2.43. The monoisotopic (exact) mass is 425 g/mol. The molecule has 5 rings (SSSR count). The number of piperidine rings is 1. The van der Waals surface area contributed by atoms with E-state index in [1.54, 1.807) is 0 Å². The first-order chi connectivity index (χ1) is 14.6. The van der Waals surface area contributed by atoms with Gasteiger partial charge in [0, 0.05) is 29.3 Å². The summed E-state index contributed by atoms with van der Waals surface area (Å²) in [5.41, 5.74) is 2.41. The lowest BCUT2D eigenvalue weighted by Gasteiger charge is -2.43. The first-order valence-corrected chi connectivity index (χ1v) is 11.7. The molecule has 1 spiro atoms. The Bertz CT molecular complexity index is 930. The van der Waals surface area contributed by atoms with Crippen LogP contribution in [0.2, 0.25) is 0 Å². The van der Waals surface area contributed by atoms with Crippen LogP contribution in [0.15, 0.2) is 36.4 Å². The highest BCUT2D eigenvalue weighted by atomic mass is 32.1. The zero-order valence-electron chi connectivity index (χ0n) is 17.1. The molecule has 30 heavy (non-hydrogen) atoms. The zero-order valence-corrected chi connectivity index (χ0v) is 17.9. The Hall–Kier alpha value is -2.18. The number of amides is 1. The van der Waals surface area contributed by atoms with Crippen molar-refractivity contribution in [3.63, 3.8) is 0 Å². The van der Waals surface area contributed by atoms with Crippen LogP contribution < -0.4 is 0 Å². The van der Waals surface area contributed by atoms with Gasteiger partial charge in [0.15, 0.2) is 0 Å². The van der Waals surface area contributed by atoms with Crippen LogP contribution in [0.1, 0.15) is 42.5 Å². The molecule has 0 bridgehead atoms. The summed E-state index contributed by atoms with van der Waals surface area (Å²) in [5.74, 6) is -0.0935. The third kappa shape index (κ3) is 3.67. The predicted octanol–water partition coefficient (Wildman–Crippen LogP) is 4.15. The normalized spacial score (nSPS) is 22.7. The van der Waals surface area contributed by atoms with Crippen LogP contribution in [-0.2, 0) is 31.1 Å². The molecule has 0 aliphatic carbocycles. The SMILES string of the molecule is O=C1OCCC1CCC(=O)N1CCC2(CC1)OCCc1cc(-c3ccccc3)sc12. The number of esters is 1. The van der Waals surface area contributed by atoms with Crippen molar-refractivity contribution in [1.82, 2.24) is 4.90 Å². The second-order valence-electron chi connectivity index (χ2n) is 8.50. The van der Waals surface area contributed by atoms with E-state index < -0.39 is 0 Å². The van der Waals surface area contributed by atoms with Crippen LogP contribution in [0.3, 0.4) is 0 Å². The molecule has 1 atom stereocenters. The van der Waals surface area contributed by atoms with Crippen molar-refractivity contribution >= 4 is 23.2 Å². The van der Waals surface area contributed by atoms with E-state index in [-0.39, 0.29) is 23.4 Å². The van der Waals surface area contributed by atoms with Crippen molar-refractivity contribution in [3.05, 3.63) is 46.8 Å². The van der Waals surface area contributed by atoms with Crippen molar-refractivity contribution in [2.24, 2.45) is 5.92 Å². The minimum atomic E-state index is -0.253. The number of likely N-dealkylation sites (tertiary alicyclic amines) is 1. The highest BCUT2D eigenvalue weighted by Crippen LogP contribution is 2.47. The van der Waals surface area contributed by atoms with E-state index in [2.05, 4.69) is 30.3 Å². The van der Waals surface area contributed by atoms with Crippen molar-refractivity contribution in [1.29, 1.82) is 0 Å². The largest absolute Gasteiger partial charge is 0.465 e. The van der Waals surface area contributed by atoms with Gasteiger partial charge in [-0.3, -0.25) is 9.59 Å². The number of nitrogens with zero attached hydrogens (tertiary/aromatic N) is 1. The lowest BCUT2D eigenvalue weighted by molar-refractivity contribution is -0.142. The summed E-state index contributed by atoms with van der Waals surface area (Å²) in [6.45, 7) is 2.67. The molecular formula is C24H27NO4S. The summed E-state index contributed by atoms with van der Waals surface area (Å²) in [5, 5.41) is 0. The Morgan fingerprint density at radius 1 is 1.17 bits per heavy atom. The first kappa shape index (κ1) is 19.8. The Morgan fingerprint density at radius 2 is 1.97 bits per heavy atom. The van der Waals surface area contributed by atoms with Crippen molar-refractivity contribution in [3.8, 4) is 10.4 Å². The Morgan fingerprint density at radius 3 is 2.70 bits per heavy atom. The van der Waals surface area contributed by atoms with Gasteiger partial charge in [-0.25, -0.2) is 0 Å². The summed E-state index contributed by atoms with van der Waals surface area (Å²) in [6, 6.07) is 12.9. The third-order valence-corrected chi connectivity index (χ3v) is 8.12. The van der Waals surface area contributed by atoms with Gasteiger partial charge in [-0.2, -0.15) is 0 Å². The fourth-order valence-corrected chi connectivity index (χ4v) is 6.33. The van der Waals surface area contributed by atoms with E-state index in [1.165, 1.54) is 20.9 Å². The summed E-state index contributed by atoms with van der Waals surface area (Å²) in [6.07, 6.45) is 4.41. The molecule has 2 saturated heterocycles. The Labute approximate surface area is 181 Å². The van der Waals surface area contributed by atoms with E-state index >= 15 is 0 Å². The second-order valence-corrected chi connectivity index (χ2v) is 9.55. The fraction of sp³-hybridized carbons (Fsp3) is 0.500. The number of hydrogen-bond donors (Lipinski definition) is 0. The summed E-state index contributed by atoms with van der Waals surface area (Å²) < 4.78 is 11.4. The van der Waals surface area contributed by atoms with Crippen LogP contribution in [0.5, 0.6) is 0 Å². The van der Waals surface area contributed by atoms with Gasteiger partial charge in [-0.15, -0.1) is 11.3 Å². The molecule has 3 aliphatic rings. The molecule has 2 aromatic rings. The van der Waals surface area contributed by atoms with Gasteiger partial charge in [0.2, 0.25) is 5.91 Å². The molecule has 3 aliphatic heterocycles. The van der Waals surface area contributed by atoms with E-state index in [0.29, 0.717) is 32.5 Å². The Balaban J connectivity index is 1.25. The first-order valence-electron chi connectivity index (χ1n) is 10.9. The maximum atomic E-state index is 12.7. The number of rotatable bonds is 4. The maximum Gasteiger partial charge on any atom is 0.309 e. The molecule has 0 saturated carbocycles. The fourth-order valence-electron chi connectivity index (χ4n) is 4.91. The van der Waals surface area contributed by atoms with Crippen LogP contribution >= 0.6 is 11.3 Å². The van der Waals surface area contributed by atoms with Gasteiger partial charge in [-0.05, 0) is 49.3 Å². The molecule has 5 nitrogen and oxygen atoms in total. The molecule has 1 amide bonds. The summed E-state index contributed by atoms with van der Waals surface area (Å²) >= 11 is 1.85. The number of benzene rings is 1. The number of cyclic esters (lactones) is 1. The zero-order chi connectivity index (χ0) is 20.6. The molecule has 1 unspecified atom stereocenters. The average molecular weight is 426 g/mol. The smallest absolute Gasteiger partial charge is 0.309 e. The molecule has 158 valence electrons. The van der Waals surface area contributed by atoms with Gasteiger partial charge in [0.1, 0.15) is 5.60 Å². The van der Waals surface area contributed by atoms with E-state index in [9.17, 15) is 9.59 Å². The van der Waals surface area contributed by atoms with Crippen molar-refractivity contribution in [2.45, 2.75) is 44.1 Å². The van der Waals surface area contributed by atoms with E-state index in [0.717, 1.165) is 32.3 Å². The molecule has 0 N–H and O–H groups in total. The van der Waals surface area contributed by atoms with Gasteiger partial charge in [0.05, 0.1) is 19.1 Å². The van der Waals surface area contributed by atoms with Crippen LogP contribution in [0.4, 0.5) is 0 Å². The van der Waals surface area contributed by atoms with Gasteiger partial charge in [0.25, 0.3) is 0 Å². The number of carbonyl (C=O) groups is 2. The van der Waals surface area contributed by atoms with Gasteiger partial charge in [-0.1, -0.05) is 30.3 Å². The lowest BCUT2D eigenvalue weighted by atomic mass is 9.85.